The molecular formula is C12H23N3O4. The van der Waals surface area contributed by atoms with Crippen LogP contribution in [0.5, 0.6) is 0 Å². The van der Waals surface area contributed by atoms with Crippen LogP contribution in [0.3, 0.4) is 0 Å². The van der Waals surface area contributed by atoms with Gasteiger partial charge in [-0.25, -0.2) is 0 Å². The van der Waals surface area contributed by atoms with Crippen molar-refractivity contribution in [3.63, 3.8) is 0 Å². The fourth-order valence-corrected chi connectivity index (χ4v) is 1.84. The van der Waals surface area contributed by atoms with Gasteiger partial charge in [0.2, 0.25) is 5.28 Å². The Kier molecular flexibility index (Phi) is 4.97. The van der Waals surface area contributed by atoms with Crippen LogP contribution in [0, 0.1) is 11.1 Å². The normalized spacial score (nSPS) is 24.2. The molecule has 0 unspecified atom stereocenters. The zero-order chi connectivity index (χ0) is 14.6. The van der Waals surface area contributed by atoms with Gasteiger partial charge in [0.15, 0.2) is 0 Å². The SMILES string of the molecule is COC(=O)[C@@H]1CC[C@H](O/N=[N+](\[O-])N(C)C(C)(C)C)C1. The highest BCUT2D eigenvalue weighted by Gasteiger charge is 2.33. The van der Waals surface area contributed by atoms with Gasteiger partial charge < -0.3 is 14.8 Å². The second-order valence-corrected chi connectivity index (χ2v) is 5.79. The van der Waals surface area contributed by atoms with Crippen molar-refractivity contribution >= 4 is 5.97 Å². The zero-order valence-electron chi connectivity index (χ0n) is 12.3. The third-order valence-electron chi connectivity index (χ3n) is 3.41. The number of ether oxygens (including phenoxy) is 1. The Hall–Kier alpha value is -1.53. The lowest BCUT2D eigenvalue weighted by Crippen LogP contribution is -2.42. The average molecular weight is 273 g/mol. The van der Waals surface area contributed by atoms with E-state index in [9.17, 15) is 10.0 Å². The maximum absolute atomic E-state index is 11.7. The molecule has 0 saturated heterocycles. The third kappa shape index (κ3) is 4.25. The average Bonchev–Trinajstić information content (AvgIpc) is 2.81. The van der Waals surface area contributed by atoms with Crippen LogP contribution in [0.15, 0.2) is 5.28 Å². The topological polar surface area (TPSA) is 77.2 Å². The lowest BCUT2D eigenvalue weighted by Gasteiger charge is -2.26. The van der Waals surface area contributed by atoms with Gasteiger partial charge in [0.05, 0.1) is 30.6 Å². The van der Waals surface area contributed by atoms with E-state index in [1.807, 2.05) is 20.8 Å². The second-order valence-electron chi connectivity index (χ2n) is 5.79. The highest BCUT2D eigenvalue weighted by atomic mass is 16.7. The first-order valence-corrected chi connectivity index (χ1v) is 6.41. The molecule has 1 fully saturated rings. The molecule has 0 spiro atoms. The number of rotatable bonds is 4. The van der Waals surface area contributed by atoms with Crippen molar-refractivity contribution in [2.75, 3.05) is 14.2 Å². The Labute approximate surface area is 113 Å². The van der Waals surface area contributed by atoms with Gasteiger partial charge >= 0.3 is 5.97 Å². The monoisotopic (exact) mass is 273 g/mol. The number of hydrogen-bond donors (Lipinski definition) is 0. The van der Waals surface area contributed by atoms with Crippen LogP contribution < -0.4 is 0 Å². The van der Waals surface area contributed by atoms with Crippen molar-refractivity contribution in [2.45, 2.75) is 51.7 Å². The van der Waals surface area contributed by atoms with E-state index in [0.29, 0.717) is 24.2 Å². The quantitative estimate of drug-likeness (QED) is 0.338. The van der Waals surface area contributed by atoms with Gasteiger partial charge in [-0.05, 0) is 33.6 Å². The predicted octanol–water partition coefficient (Wildman–Crippen LogP) is 1.87. The maximum atomic E-state index is 11.7. The second kappa shape index (κ2) is 6.08. The van der Waals surface area contributed by atoms with Crippen molar-refractivity contribution in [1.82, 2.24) is 5.01 Å². The molecule has 1 aliphatic carbocycles. The number of nitrogens with zero attached hydrogens (tertiary/aromatic N) is 3. The van der Waals surface area contributed by atoms with Gasteiger partial charge in [-0.2, -0.15) is 0 Å². The van der Waals surface area contributed by atoms with Crippen molar-refractivity contribution < 1.29 is 19.3 Å². The first-order valence-electron chi connectivity index (χ1n) is 6.41. The summed E-state index contributed by atoms with van der Waals surface area (Å²) >= 11 is 0. The van der Waals surface area contributed by atoms with E-state index in [0.717, 1.165) is 0 Å². The molecule has 1 rings (SSSR count). The summed E-state index contributed by atoms with van der Waals surface area (Å²) in [5.74, 6) is -0.373. The van der Waals surface area contributed by atoms with Crippen LogP contribution in [-0.4, -0.2) is 41.7 Å². The summed E-state index contributed by atoms with van der Waals surface area (Å²) in [5, 5.41) is 16.7. The molecule has 1 aliphatic rings. The number of carbonyl (C=O) groups excluding carboxylic acids is 1. The minimum Gasteiger partial charge on any atom is -0.569 e. The van der Waals surface area contributed by atoms with Crippen LogP contribution in [0.25, 0.3) is 0 Å². The van der Waals surface area contributed by atoms with Gasteiger partial charge in [0, 0.05) is 6.42 Å². The van der Waals surface area contributed by atoms with E-state index in [4.69, 9.17) is 4.84 Å². The lowest BCUT2D eigenvalue weighted by molar-refractivity contribution is -0.720. The van der Waals surface area contributed by atoms with Gasteiger partial charge in [0.1, 0.15) is 6.10 Å². The molecule has 1 saturated carbocycles. The van der Waals surface area contributed by atoms with E-state index in [1.54, 1.807) is 7.05 Å². The zero-order valence-corrected chi connectivity index (χ0v) is 12.3. The molecule has 0 N–H and O–H groups in total. The van der Waals surface area contributed by atoms with E-state index in [2.05, 4.69) is 10.0 Å². The van der Waals surface area contributed by atoms with Crippen LogP contribution in [0.2, 0.25) is 0 Å². The smallest absolute Gasteiger partial charge is 0.308 e. The minimum absolute atomic E-state index is 0.148. The number of methoxy groups -OCH3 is 1. The van der Waals surface area contributed by atoms with Gasteiger partial charge in [0.25, 0.3) is 0 Å². The molecular weight excluding hydrogens is 250 g/mol. The van der Waals surface area contributed by atoms with E-state index in [-0.39, 0.29) is 23.5 Å². The first-order chi connectivity index (χ1) is 8.75. The Morgan fingerprint density at radius 2 is 2.05 bits per heavy atom. The van der Waals surface area contributed by atoms with Crippen molar-refractivity contribution in [3.05, 3.63) is 5.21 Å². The summed E-state index contributed by atoms with van der Waals surface area (Å²) in [6, 6.07) is 0. The molecule has 0 aromatic heterocycles. The predicted molar refractivity (Wildman–Crippen MR) is 67.8 cm³/mol. The Balaban J connectivity index is 2.48. The highest BCUT2D eigenvalue weighted by molar-refractivity contribution is 5.72. The van der Waals surface area contributed by atoms with Crippen LogP contribution in [-0.2, 0) is 14.4 Å². The number of hydrazine groups is 1. The molecule has 7 heteroatoms. The fourth-order valence-electron chi connectivity index (χ4n) is 1.84. The summed E-state index contributed by atoms with van der Waals surface area (Å²) in [4.78, 5) is 17.0. The number of esters is 1. The summed E-state index contributed by atoms with van der Waals surface area (Å²) < 4.78 is 4.69. The number of carbonyl (C=O) groups is 1. The molecule has 110 valence electrons. The maximum Gasteiger partial charge on any atom is 0.308 e. The van der Waals surface area contributed by atoms with Crippen LogP contribution in [0.1, 0.15) is 40.0 Å². The molecule has 7 nitrogen and oxygen atoms in total. The largest absolute Gasteiger partial charge is 0.569 e. The van der Waals surface area contributed by atoms with E-state index >= 15 is 0 Å². The van der Waals surface area contributed by atoms with E-state index in [1.165, 1.54) is 12.1 Å². The summed E-state index contributed by atoms with van der Waals surface area (Å²) in [6.07, 6.45) is 1.76. The van der Waals surface area contributed by atoms with E-state index < -0.39 is 0 Å². The molecule has 0 aliphatic heterocycles. The molecule has 2 atom stereocenters. The molecule has 0 radical (unpaired) electrons. The van der Waals surface area contributed by atoms with Crippen LogP contribution in [0.4, 0.5) is 0 Å². The Morgan fingerprint density at radius 1 is 1.42 bits per heavy atom. The molecule has 0 amide bonds. The molecule has 0 aromatic carbocycles. The minimum atomic E-state index is -0.334. The summed E-state index contributed by atoms with van der Waals surface area (Å²) in [6.45, 7) is 5.70. The van der Waals surface area contributed by atoms with Crippen molar-refractivity contribution in [3.8, 4) is 0 Å². The molecule has 19 heavy (non-hydrogen) atoms. The Bertz CT molecular complexity index is 351. The van der Waals surface area contributed by atoms with Gasteiger partial charge in [-0.15, -0.1) is 5.01 Å². The standard InChI is InChI=1S/C12H23N3O4/c1-12(2,3)14(4)15(17)13-19-10-7-6-9(8-10)11(16)18-5/h9-10H,6-8H2,1-5H3/b15-13-/t9-,10+/m1/s1. The molecule has 0 bridgehead atoms. The lowest BCUT2D eigenvalue weighted by atomic mass is 10.1. The summed E-state index contributed by atoms with van der Waals surface area (Å²) in [5.41, 5.74) is -0.334. The summed E-state index contributed by atoms with van der Waals surface area (Å²) in [7, 11) is 3.02. The third-order valence-corrected chi connectivity index (χ3v) is 3.41. The van der Waals surface area contributed by atoms with Crippen molar-refractivity contribution in [2.24, 2.45) is 11.2 Å². The fraction of sp³-hybridized carbons (Fsp3) is 0.917. The number of hydrogen-bond acceptors (Lipinski definition) is 5. The molecule has 0 aromatic rings. The van der Waals surface area contributed by atoms with Crippen LogP contribution >= 0.6 is 0 Å². The Morgan fingerprint density at radius 3 is 2.58 bits per heavy atom. The van der Waals surface area contributed by atoms with Crippen molar-refractivity contribution in [1.29, 1.82) is 0 Å². The van der Waals surface area contributed by atoms with Gasteiger partial charge in [-0.1, -0.05) is 0 Å². The molecule has 0 heterocycles. The first kappa shape index (κ1) is 15.5. The highest BCUT2D eigenvalue weighted by Crippen LogP contribution is 2.28. The van der Waals surface area contributed by atoms with Gasteiger partial charge in [-0.3, -0.25) is 4.79 Å².